The van der Waals surface area contributed by atoms with Gasteiger partial charge in [-0.25, -0.2) is 4.79 Å². The summed E-state index contributed by atoms with van der Waals surface area (Å²) in [7, 11) is 0. The summed E-state index contributed by atoms with van der Waals surface area (Å²) in [5.74, 6) is -0.450. The van der Waals surface area contributed by atoms with Crippen LogP contribution in [0.3, 0.4) is 0 Å². The number of oxazole rings is 1. The van der Waals surface area contributed by atoms with Crippen molar-refractivity contribution in [2.24, 2.45) is 0 Å². The molecule has 1 aromatic rings. The Morgan fingerprint density at radius 2 is 2.50 bits per heavy atom. The maximum absolute atomic E-state index is 11.1. The molecule has 1 aromatic heterocycles. The molecule has 0 bridgehead atoms. The zero-order valence-corrected chi connectivity index (χ0v) is 9.65. The van der Waals surface area contributed by atoms with Crippen molar-refractivity contribution in [3.63, 3.8) is 0 Å². The zero-order valence-electron chi connectivity index (χ0n) is 6.33. The average Bonchev–Trinajstić information content (AvgIpc) is 2.30. The Balaban J connectivity index is 2.87. The van der Waals surface area contributed by atoms with E-state index in [0.29, 0.717) is 15.1 Å². The molecule has 0 aliphatic carbocycles. The first-order chi connectivity index (χ1) is 5.65. The fraction of sp³-hybridized carbons (Fsp3) is 0.333. The Morgan fingerprint density at radius 3 is 2.92 bits per heavy atom. The lowest BCUT2D eigenvalue weighted by Crippen LogP contribution is -2.15. The van der Waals surface area contributed by atoms with Crippen LogP contribution in [0, 0.1) is 3.90 Å². The van der Waals surface area contributed by atoms with E-state index in [2.05, 4.69) is 21.3 Å². The van der Waals surface area contributed by atoms with Gasteiger partial charge in [-0.15, -0.1) is 0 Å². The molecule has 0 amide bonds. The number of hydrogen-bond acceptors (Lipinski definition) is 4. The van der Waals surface area contributed by atoms with Gasteiger partial charge in [0, 0.05) is 27.2 Å². The Labute approximate surface area is 91.2 Å². The second kappa shape index (κ2) is 4.26. The Hall–Kier alpha value is -0.0575. The summed E-state index contributed by atoms with van der Waals surface area (Å²) in [6.45, 7) is 2.08. The van der Waals surface area contributed by atoms with Gasteiger partial charge in [0.15, 0.2) is 5.69 Å². The number of esters is 1. The molecule has 62 valence electrons. The monoisotopic (exact) mass is 293 g/mol. The van der Waals surface area contributed by atoms with Gasteiger partial charge >= 0.3 is 5.97 Å². The molecule has 0 atom stereocenters. The Morgan fingerprint density at radius 1 is 1.83 bits per heavy atom. The third-order valence-corrected chi connectivity index (χ3v) is 1.95. The maximum Gasteiger partial charge on any atom is 0.358 e. The fourth-order valence-electron chi connectivity index (χ4n) is 0.651. The Kier molecular flexibility index (Phi) is 3.56. The van der Waals surface area contributed by atoms with E-state index in [9.17, 15) is 4.79 Å². The third-order valence-electron chi connectivity index (χ3n) is 1.10. The van der Waals surface area contributed by atoms with Crippen molar-refractivity contribution >= 4 is 49.5 Å². The number of carbonyl (C=O) groups is 1. The van der Waals surface area contributed by atoms with Crippen molar-refractivity contribution in [1.82, 2.24) is 4.98 Å². The van der Waals surface area contributed by atoms with E-state index in [1.165, 1.54) is 0 Å². The van der Waals surface area contributed by atoms with Crippen LogP contribution in [0.25, 0.3) is 0 Å². The molecule has 0 saturated carbocycles. The van der Waals surface area contributed by atoms with Crippen LogP contribution >= 0.6 is 22.6 Å². The number of nitrogens with zero attached hydrogens (tertiary/aromatic N) is 1. The standard InChI is InChI=1S/C6H5INO3.Al/c1-2-10-5(9)4-3-11-6(7)8-4;/h2H2,1H3;. The highest BCUT2D eigenvalue weighted by Crippen LogP contribution is 2.02. The van der Waals surface area contributed by atoms with Gasteiger partial charge in [0.05, 0.1) is 6.61 Å². The minimum absolute atomic E-state index is 0.228. The molecule has 0 fully saturated rings. The van der Waals surface area contributed by atoms with Crippen LogP contribution in [0.5, 0.6) is 0 Å². The number of aromatic nitrogens is 1. The van der Waals surface area contributed by atoms with E-state index >= 15 is 0 Å². The molecule has 0 spiro atoms. The number of ether oxygens (including phenoxy) is 1. The van der Waals surface area contributed by atoms with Gasteiger partial charge in [0.1, 0.15) is 0 Å². The normalized spacial score (nSPS) is 9.83. The minimum Gasteiger partial charge on any atom is -0.461 e. The quantitative estimate of drug-likeness (QED) is 0.445. The predicted octanol–water partition coefficient (Wildman–Crippen LogP) is 0.250. The molecular weight excluding hydrogens is 288 g/mol. The van der Waals surface area contributed by atoms with Crippen LogP contribution in [0.1, 0.15) is 17.4 Å². The van der Waals surface area contributed by atoms with Gasteiger partial charge in [0.25, 0.3) is 3.90 Å². The lowest BCUT2D eigenvalue weighted by atomic mass is 10.5. The van der Waals surface area contributed by atoms with Gasteiger partial charge in [-0.3, -0.25) is 0 Å². The Bertz CT molecular complexity index is 299. The summed E-state index contributed by atoms with van der Waals surface area (Å²) in [5.41, 5.74) is 0.228. The molecule has 0 N–H and O–H groups in total. The highest BCUT2D eigenvalue weighted by atomic mass is 127. The maximum atomic E-state index is 11.1. The van der Waals surface area contributed by atoms with Crippen molar-refractivity contribution in [3.8, 4) is 0 Å². The molecule has 1 heterocycles. The zero-order chi connectivity index (χ0) is 9.14. The topological polar surface area (TPSA) is 52.3 Å². The summed E-state index contributed by atoms with van der Waals surface area (Å²) in [4.78, 5) is 15.0. The first-order valence-corrected chi connectivity index (χ1v) is 4.89. The molecule has 12 heavy (non-hydrogen) atoms. The lowest BCUT2D eigenvalue weighted by Gasteiger charge is -1.97. The molecular formula is C6H5AlINO3. The van der Waals surface area contributed by atoms with Gasteiger partial charge < -0.3 is 9.15 Å². The largest absolute Gasteiger partial charge is 0.461 e. The van der Waals surface area contributed by atoms with Crippen LogP contribution in [0.4, 0.5) is 0 Å². The molecule has 1 rings (SSSR count). The number of hydrogen-bond donors (Lipinski definition) is 0. The van der Waals surface area contributed by atoms with Crippen LogP contribution in [0.2, 0.25) is 0 Å². The van der Waals surface area contributed by atoms with E-state index in [1.54, 1.807) is 6.92 Å². The first-order valence-electron chi connectivity index (χ1n) is 3.24. The minimum atomic E-state index is -0.450. The molecule has 0 unspecified atom stereocenters. The van der Waals surface area contributed by atoms with E-state index in [-0.39, 0.29) is 5.69 Å². The van der Waals surface area contributed by atoms with E-state index < -0.39 is 5.97 Å². The fourth-order valence-corrected chi connectivity index (χ4v) is 1.66. The summed E-state index contributed by atoms with van der Waals surface area (Å²) in [6, 6.07) is 0. The van der Waals surface area contributed by atoms with Crippen LogP contribution in [-0.2, 0) is 4.74 Å². The van der Waals surface area contributed by atoms with Crippen LogP contribution in [0.15, 0.2) is 4.42 Å². The SMILES string of the molecule is CCOC(=O)c1nc(I)o[c]1[Al]. The van der Waals surface area contributed by atoms with E-state index in [0.717, 1.165) is 0 Å². The lowest BCUT2D eigenvalue weighted by molar-refractivity contribution is 0.0521. The first kappa shape index (κ1) is 10.0. The molecule has 0 aliphatic rings. The van der Waals surface area contributed by atoms with E-state index in [1.807, 2.05) is 22.6 Å². The molecule has 0 aromatic carbocycles. The van der Waals surface area contributed by atoms with Gasteiger partial charge in [0.2, 0.25) is 16.3 Å². The summed E-state index contributed by atoms with van der Waals surface area (Å²) in [6.07, 6.45) is 0. The highest BCUT2D eigenvalue weighted by Gasteiger charge is 2.15. The number of halogens is 1. The van der Waals surface area contributed by atoms with Crippen LogP contribution < -0.4 is 4.62 Å². The molecule has 6 heteroatoms. The summed E-state index contributed by atoms with van der Waals surface area (Å²) in [5, 5.41) is 0. The van der Waals surface area contributed by atoms with Gasteiger partial charge in [-0.2, -0.15) is 4.98 Å². The van der Waals surface area contributed by atoms with Crippen molar-refractivity contribution in [1.29, 1.82) is 0 Å². The van der Waals surface area contributed by atoms with Crippen molar-refractivity contribution in [3.05, 3.63) is 9.59 Å². The average molecular weight is 293 g/mol. The van der Waals surface area contributed by atoms with Crippen molar-refractivity contribution < 1.29 is 13.9 Å². The number of carbonyl (C=O) groups excluding carboxylic acids is 1. The van der Waals surface area contributed by atoms with Gasteiger partial charge in [-0.1, -0.05) is 0 Å². The smallest absolute Gasteiger partial charge is 0.358 e. The second-order valence-electron chi connectivity index (χ2n) is 1.90. The third kappa shape index (κ3) is 2.22. The van der Waals surface area contributed by atoms with Crippen molar-refractivity contribution in [2.45, 2.75) is 6.92 Å². The van der Waals surface area contributed by atoms with Gasteiger partial charge in [-0.05, 0) is 6.92 Å². The van der Waals surface area contributed by atoms with E-state index in [4.69, 9.17) is 9.15 Å². The summed E-state index contributed by atoms with van der Waals surface area (Å²) >= 11 is 4.18. The highest BCUT2D eigenvalue weighted by molar-refractivity contribution is 14.1. The predicted molar refractivity (Wildman–Crippen MR) is 50.6 cm³/mol. The molecule has 2 radical (unpaired) electrons. The van der Waals surface area contributed by atoms with Crippen LogP contribution in [-0.4, -0.2) is 33.9 Å². The van der Waals surface area contributed by atoms with Crippen molar-refractivity contribution in [2.75, 3.05) is 6.61 Å². The second-order valence-corrected chi connectivity index (χ2v) is 3.35. The summed E-state index contributed by atoms with van der Waals surface area (Å²) < 4.78 is 10.6. The molecule has 4 nitrogen and oxygen atoms in total. The molecule has 0 saturated heterocycles. The molecule has 0 aliphatic heterocycles. The number of rotatable bonds is 2.